The van der Waals surface area contributed by atoms with E-state index in [-0.39, 0.29) is 6.04 Å². The minimum absolute atomic E-state index is 0.0538. The molecule has 0 amide bonds. The van der Waals surface area contributed by atoms with Gasteiger partial charge < -0.3 is 14.8 Å². The third-order valence-corrected chi connectivity index (χ3v) is 3.67. The van der Waals surface area contributed by atoms with Crippen molar-refractivity contribution < 1.29 is 9.47 Å². The lowest BCUT2D eigenvalue weighted by molar-refractivity contribution is 0.397. The van der Waals surface area contributed by atoms with Crippen molar-refractivity contribution in [2.75, 3.05) is 19.5 Å². The second-order valence-corrected chi connectivity index (χ2v) is 4.97. The minimum atomic E-state index is -0.0538. The van der Waals surface area contributed by atoms with Crippen LogP contribution in [0.15, 0.2) is 24.5 Å². The molecule has 1 atom stereocenters. The Morgan fingerprint density at radius 3 is 2.62 bits per heavy atom. The van der Waals surface area contributed by atoms with Crippen LogP contribution in [0.5, 0.6) is 11.5 Å². The Labute approximate surface area is 129 Å². The van der Waals surface area contributed by atoms with E-state index in [9.17, 15) is 0 Å². The van der Waals surface area contributed by atoms with Crippen molar-refractivity contribution in [1.29, 1.82) is 0 Å². The summed E-state index contributed by atoms with van der Waals surface area (Å²) in [6, 6.07) is 5.61. The van der Waals surface area contributed by atoms with Gasteiger partial charge in [-0.1, -0.05) is 11.6 Å². The van der Waals surface area contributed by atoms with Crippen LogP contribution in [0.1, 0.15) is 24.2 Å². The first-order valence-electron chi connectivity index (χ1n) is 6.52. The summed E-state index contributed by atoms with van der Waals surface area (Å²) in [6.45, 7) is 3.84. The lowest BCUT2D eigenvalue weighted by atomic mass is 10.1. The number of halogens is 1. The molecular weight excluding hydrogens is 290 g/mol. The fraction of sp³-hybridized carbons (Fsp3) is 0.333. The molecule has 0 bridgehead atoms. The normalized spacial score (nSPS) is 11.9. The molecule has 2 rings (SSSR count). The van der Waals surface area contributed by atoms with Gasteiger partial charge in [-0.25, -0.2) is 9.97 Å². The van der Waals surface area contributed by atoms with E-state index in [1.165, 1.54) is 6.33 Å². The zero-order valence-corrected chi connectivity index (χ0v) is 13.2. The Bertz CT molecular complexity index is 634. The van der Waals surface area contributed by atoms with Crippen molar-refractivity contribution >= 4 is 17.4 Å². The molecule has 0 spiro atoms. The summed E-state index contributed by atoms with van der Waals surface area (Å²) in [7, 11) is 3.27. The van der Waals surface area contributed by atoms with Gasteiger partial charge >= 0.3 is 0 Å². The van der Waals surface area contributed by atoms with Crippen LogP contribution in [-0.2, 0) is 0 Å². The topological polar surface area (TPSA) is 56.3 Å². The number of hydrogen-bond donors (Lipinski definition) is 1. The van der Waals surface area contributed by atoms with Gasteiger partial charge in [-0.05, 0) is 32.0 Å². The second kappa shape index (κ2) is 6.63. The van der Waals surface area contributed by atoms with Gasteiger partial charge in [0.1, 0.15) is 28.7 Å². The Balaban J connectivity index is 2.31. The van der Waals surface area contributed by atoms with Crippen molar-refractivity contribution in [3.8, 4) is 11.5 Å². The molecule has 112 valence electrons. The van der Waals surface area contributed by atoms with E-state index in [4.69, 9.17) is 21.1 Å². The van der Waals surface area contributed by atoms with E-state index >= 15 is 0 Å². The number of rotatable bonds is 5. The van der Waals surface area contributed by atoms with Crippen molar-refractivity contribution in [3.63, 3.8) is 0 Å². The molecule has 0 aliphatic rings. The number of nitrogens with zero attached hydrogens (tertiary/aromatic N) is 2. The van der Waals surface area contributed by atoms with E-state index in [1.807, 2.05) is 32.0 Å². The smallest absolute Gasteiger partial charge is 0.148 e. The molecule has 0 saturated heterocycles. The van der Waals surface area contributed by atoms with Crippen LogP contribution < -0.4 is 14.8 Å². The molecule has 21 heavy (non-hydrogen) atoms. The number of hydrogen-bond acceptors (Lipinski definition) is 5. The molecular formula is C15H18ClN3O2. The monoisotopic (exact) mass is 307 g/mol. The van der Waals surface area contributed by atoms with E-state index in [0.717, 1.165) is 22.8 Å². The molecule has 2 aromatic rings. The van der Waals surface area contributed by atoms with Gasteiger partial charge in [0.25, 0.3) is 0 Å². The van der Waals surface area contributed by atoms with Gasteiger partial charge in [0.05, 0.1) is 26.0 Å². The average Bonchev–Trinajstić information content (AvgIpc) is 2.51. The molecule has 1 unspecified atom stereocenters. The lowest BCUT2D eigenvalue weighted by Gasteiger charge is -2.19. The van der Waals surface area contributed by atoms with Crippen molar-refractivity contribution in [3.05, 3.63) is 40.8 Å². The van der Waals surface area contributed by atoms with Gasteiger partial charge in [0, 0.05) is 5.56 Å². The van der Waals surface area contributed by atoms with Gasteiger partial charge in [-0.15, -0.1) is 0 Å². The molecule has 6 heteroatoms. The van der Waals surface area contributed by atoms with Crippen LogP contribution in [0.2, 0.25) is 5.02 Å². The van der Waals surface area contributed by atoms with Crippen LogP contribution in [0.25, 0.3) is 0 Å². The molecule has 0 saturated carbocycles. The molecule has 0 aliphatic carbocycles. The Hall–Kier alpha value is -2.01. The molecule has 0 radical (unpaired) electrons. The van der Waals surface area contributed by atoms with Crippen molar-refractivity contribution in [2.24, 2.45) is 0 Å². The largest absolute Gasteiger partial charge is 0.497 e. The summed E-state index contributed by atoms with van der Waals surface area (Å²) < 4.78 is 10.7. The third-order valence-electron chi connectivity index (χ3n) is 3.22. The number of anilines is 1. The maximum Gasteiger partial charge on any atom is 0.148 e. The van der Waals surface area contributed by atoms with Crippen LogP contribution in [0, 0.1) is 6.92 Å². The summed E-state index contributed by atoms with van der Waals surface area (Å²) in [6.07, 6.45) is 1.49. The Morgan fingerprint density at radius 1 is 1.19 bits per heavy atom. The van der Waals surface area contributed by atoms with Gasteiger partial charge in [-0.2, -0.15) is 0 Å². The van der Waals surface area contributed by atoms with Crippen molar-refractivity contribution in [2.45, 2.75) is 19.9 Å². The second-order valence-electron chi connectivity index (χ2n) is 4.60. The number of benzene rings is 1. The molecule has 1 aromatic heterocycles. The zero-order valence-electron chi connectivity index (χ0n) is 12.5. The van der Waals surface area contributed by atoms with Crippen LogP contribution in [0.3, 0.4) is 0 Å². The highest BCUT2D eigenvalue weighted by molar-refractivity contribution is 6.33. The first kappa shape index (κ1) is 15.4. The quantitative estimate of drug-likeness (QED) is 0.914. The summed E-state index contributed by atoms with van der Waals surface area (Å²) in [5.74, 6) is 2.14. The number of ether oxygens (including phenoxy) is 2. The van der Waals surface area contributed by atoms with Crippen LogP contribution in [-0.4, -0.2) is 24.2 Å². The fourth-order valence-corrected chi connectivity index (χ4v) is 2.17. The fourth-order valence-electron chi connectivity index (χ4n) is 2.02. The average molecular weight is 308 g/mol. The van der Waals surface area contributed by atoms with E-state index < -0.39 is 0 Å². The van der Waals surface area contributed by atoms with Gasteiger partial charge in [0.15, 0.2) is 0 Å². The minimum Gasteiger partial charge on any atom is -0.497 e. The van der Waals surface area contributed by atoms with Gasteiger partial charge in [-0.3, -0.25) is 0 Å². The Kier molecular flexibility index (Phi) is 4.85. The third kappa shape index (κ3) is 3.36. The van der Waals surface area contributed by atoms with E-state index in [2.05, 4.69) is 15.3 Å². The van der Waals surface area contributed by atoms with E-state index in [0.29, 0.717) is 10.8 Å². The SMILES string of the molecule is COc1ccc(OC)c(C(C)Nc2ncnc(C)c2Cl)c1. The summed E-state index contributed by atoms with van der Waals surface area (Å²) >= 11 is 6.21. The summed E-state index contributed by atoms with van der Waals surface area (Å²) in [5, 5.41) is 3.79. The number of aryl methyl sites for hydroxylation is 1. The summed E-state index contributed by atoms with van der Waals surface area (Å²) in [4.78, 5) is 8.23. The number of nitrogens with one attached hydrogen (secondary N) is 1. The van der Waals surface area contributed by atoms with Crippen LogP contribution in [0.4, 0.5) is 5.82 Å². The van der Waals surface area contributed by atoms with Crippen molar-refractivity contribution in [1.82, 2.24) is 9.97 Å². The summed E-state index contributed by atoms with van der Waals surface area (Å²) in [5.41, 5.74) is 1.70. The van der Waals surface area contributed by atoms with Gasteiger partial charge in [0.2, 0.25) is 0 Å². The predicted octanol–water partition coefficient (Wildman–Crippen LogP) is 3.63. The maximum absolute atomic E-state index is 6.21. The first-order valence-corrected chi connectivity index (χ1v) is 6.90. The standard InChI is InChI=1S/C15H18ClN3O2/c1-9(19-15-14(16)10(2)17-8-18-15)12-7-11(20-3)5-6-13(12)21-4/h5-9H,1-4H3,(H,17,18,19). The molecule has 0 aliphatic heterocycles. The highest BCUT2D eigenvalue weighted by Crippen LogP contribution is 2.32. The predicted molar refractivity (Wildman–Crippen MR) is 83.4 cm³/mol. The number of aromatic nitrogens is 2. The molecule has 1 heterocycles. The lowest BCUT2D eigenvalue weighted by Crippen LogP contribution is -2.10. The highest BCUT2D eigenvalue weighted by atomic mass is 35.5. The Morgan fingerprint density at radius 2 is 1.95 bits per heavy atom. The van der Waals surface area contributed by atoms with Crippen LogP contribution >= 0.6 is 11.6 Å². The molecule has 1 N–H and O–H groups in total. The molecule has 0 fully saturated rings. The molecule has 5 nitrogen and oxygen atoms in total. The first-order chi connectivity index (χ1) is 10.1. The number of methoxy groups -OCH3 is 2. The zero-order chi connectivity index (χ0) is 15.4. The van der Waals surface area contributed by atoms with E-state index in [1.54, 1.807) is 14.2 Å². The highest BCUT2D eigenvalue weighted by Gasteiger charge is 2.15. The maximum atomic E-state index is 6.21. The molecule has 1 aromatic carbocycles.